The van der Waals surface area contributed by atoms with Gasteiger partial charge < -0.3 is 10.1 Å². The number of hydrogen-bond acceptors (Lipinski definition) is 4. The van der Waals surface area contributed by atoms with Gasteiger partial charge in [0.05, 0.1) is 13.2 Å². The molecule has 0 aliphatic carbocycles. The predicted molar refractivity (Wildman–Crippen MR) is 102 cm³/mol. The van der Waals surface area contributed by atoms with Gasteiger partial charge in [0.1, 0.15) is 5.75 Å². The Bertz CT molecular complexity index is 670. The second-order valence-electron chi connectivity index (χ2n) is 6.48. The third kappa shape index (κ3) is 4.41. The van der Waals surface area contributed by atoms with Crippen LogP contribution in [0.2, 0.25) is 0 Å². The number of rotatable bonds is 7. The third-order valence-electron chi connectivity index (χ3n) is 4.91. The largest absolute Gasteiger partial charge is 0.497 e. The molecule has 1 amide bonds. The molecule has 1 fully saturated rings. The van der Waals surface area contributed by atoms with Crippen molar-refractivity contribution in [3.63, 3.8) is 0 Å². The first-order chi connectivity index (χ1) is 12.2. The molecule has 2 heterocycles. The van der Waals surface area contributed by atoms with E-state index >= 15 is 0 Å². The molecule has 1 N–H and O–H groups in total. The van der Waals surface area contributed by atoms with Crippen LogP contribution in [0, 0.1) is 0 Å². The minimum Gasteiger partial charge on any atom is -0.497 e. The summed E-state index contributed by atoms with van der Waals surface area (Å²) in [6, 6.07) is 12.6. The van der Waals surface area contributed by atoms with Gasteiger partial charge in [-0.15, -0.1) is 11.3 Å². The van der Waals surface area contributed by atoms with E-state index in [1.165, 1.54) is 10.4 Å². The first-order valence-electron chi connectivity index (χ1n) is 8.89. The summed E-state index contributed by atoms with van der Waals surface area (Å²) >= 11 is 1.79. The summed E-state index contributed by atoms with van der Waals surface area (Å²) in [5.74, 6) is 0.979. The zero-order valence-corrected chi connectivity index (χ0v) is 15.7. The standard InChI is InChI=1S/C20H26N2O2S/c1-15(22-13-3-5-18(22)19-6-4-14-25-19)20(23)21-12-11-16-7-9-17(24-2)10-8-16/h4,6-10,14-15,18H,3,5,11-13H2,1-2H3,(H,21,23). The number of methoxy groups -OCH3 is 1. The van der Waals surface area contributed by atoms with E-state index in [2.05, 4.69) is 27.7 Å². The Morgan fingerprint density at radius 3 is 2.84 bits per heavy atom. The van der Waals surface area contributed by atoms with Crippen molar-refractivity contribution in [2.24, 2.45) is 0 Å². The zero-order chi connectivity index (χ0) is 17.6. The molecule has 1 saturated heterocycles. The number of carbonyl (C=O) groups is 1. The van der Waals surface area contributed by atoms with Crippen LogP contribution in [0.5, 0.6) is 5.75 Å². The highest BCUT2D eigenvalue weighted by atomic mass is 32.1. The van der Waals surface area contributed by atoms with Crippen LogP contribution >= 0.6 is 11.3 Å². The van der Waals surface area contributed by atoms with Crippen molar-refractivity contribution in [3.05, 3.63) is 52.2 Å². The topological polar surface area (TPSA) is 41.6 Å². The quantitative estimate of drug-likeness (QED) is 0.822. The molecule has 2 atom stereocenters. The molecular formula is C20H26N2O2S. The minimum absolute atomic E-state index is 0.0922. The van der Waals surface area contributed by atoms with E-state index in [0.717, 1.165) is 31.6 Å². The fourth-order valence-electron chi connectivity index (χ4n) is 3.46. The smallest absolute Gasteiger partial charge is 0.237 e. The van der Waals surface area contributed by atoms with Gasteiger partial charge in [0, 0.05) is 17.5 Å². The van der Waals surface area contributed by atoms with Crippen LogP contribution in [-0.4, -0.2) is 37.0 Å². The highest BCUT2D eigenvalue weighted by molar-refractivity contribution is 7.10. The second kappa shape index (κ2) is 8.50. The lowest BCUT2D eigenvalue weighted by molar-refractivity contribution is -0.126. The molecule has 1 aromatic carbocycles. The number of likely N-dealkylation sites (tertiary alicyclic amines) is 1. The van der Waals surface area contributed by atoms with Gasteiger partial charge in [0.2, 0.25) is 5.91 Å². The van der Waals surface area contributed by atoms with Gasteiger partial charge in [-0.25, -0.2) is 0 Å². The van der Waals surface area contributed by atoms with Crippen molar-refractivity contribution in [3.8, 4) is 5.75 Å². The van der Waals surface area contributed by atoms with Crippen LogP contribution < -0.4 is 10.1 Å². The van der Waals surface area contributed by atoms with E-state index in [1.54, 1.807) is 18.4 Å². The Morgan fingerprint density at radius 2 is 2.16 bits per heavy atom. The summed E-state index contributed by atoms with van der Waals surface area (Å²) in [7, 11) is 1.67. The van der Waals surface area contributed by atoms with Crippen molar-refractivity contribution >= 4 is 17.2 Å². The van der Waals surface area contributed by atoms with Crippen LogP contribution in [0.3, 0.4) is 0 Å². The number of carbonyl (C=O) groups excluding carboxylic acids is 1. The Balaban J connectivity index is 1.50. The Morgan fingerprint density at radius 1 is 1.36 bits per heavy atom. The lowest BCUT2D eigenvalue weighted by atomic mass is 10.1. The molecule has 0 spiro atoms. The molecule has 2 unspecified atom stereocenters. The molecule has 25 heavy (non-hydrogen) atoms. The molecule has 1 aliphatic heterocycles. The summed E-state index contributed by atoms with van der Waals surface area (Å²) in [4.78, 5) is 16.3. The van der Waals surface area contributed by atoms with Crippen molar-refractivity contribution in [2.45, 2.75) is 38.3 Å². The zero-order valence-electron chi connectivity index (χ0n) is 14.9. The predicted octanol–water partition coefficient (Wildman–Crippen LogP) is 3.64. The van der Waals surface area contributed by atoms with Crippen LogP contribution in [0.25, 0.3) is 0 Å². The van der Waals surface area contributed by atoms with Crippen molar-refractivity contribution in [2.75, 3.05) is 20.2 Å². The van der Waals surface area contributed by atoms with Crippen LogP contribution in [0.4, 0.5) is 0 Å². The number of ether oxygens (including phenoxy) is 1. The summed E-state index contributed by atoms with van der Waals surface area (Å²) in [5, 5.41) is 5.21. The molecule has 1 aromatic heterocycles. The summed E-state index contributed by atoms with van der Waals surface area (Å²) in [6.45, 7) is 3.68. The third-order valence-corrected chi connectivity index (χ3v) is 5.89. The number of nitrogens with one attached hydrogen (secondary N) is 1. The average molecular weight is 359 g/mol. The summed E-state index contributed by atoms with van der Waals surface area (Å²) in [5.41, 5.74) is 1.20. The number of nitrogens with zero attached hydrogens (tertiary/aromatic N) is 1. The lowest BCUT2D eigenvalue weighted by Crippen LogP contribution is -2.45. The molecule has 1 aliphatic rings. The Hall–Kier alpha value is -1.85. The number of amides is 1. The van der Waals surface area contributed by atoms with E-state index in [1.807, 2.05) is 31.2 Å². The fraction of sp³-hybridized carbons (Fsp3) is 0.450. The molecular weight excluding hydrogens is 332 g/mol. The summed E-state index contributed by atoms with van der Waals surface area (Å²) < 4.78 is 5.17. The van der Waals surface area contributed by atoms with Crippen LogP contribution in [-0.2, 0) is 11.2 Å². The summed E-state index contributed by atoms with van der Waals surface area (Å²) in [6.07, 6.45) is 3.13. The van der Waals surface area contributed by atoms with Crippen molar-refractivity contribution in [1.82, 2.24) is 10.2 Å². The van der Waals surface area contributed by atoms with E-state index in [4.69, 9.17) is 4.74 Å². The maximum absolute atomic E-state index is 12.6. The monoisotopic (exact) mass is 358 g/mol. The van der Waals surface area contributed by atoms with Gasteiger partial charge >= 0.3 is 0 Å². The Labute approximate surface area is 153 Å². The molecule has 134 valence electrons. The van der Waals surface area contributed by atoms with Crippen LogP contribution in [0.15, 0.2) is 41.8 Å². The molecule has 0 bridgehead atoms. The molecule has 0 radical (unpaired) electrons. The van der Waals surface area contributed by atoms with Gasteiger partial charge in [-0.1, -0.05) is 18.2 Å². The maximum atomic E-state index is 12.6. The van der Waals surface area contributed by atoms with E-state index in [0.29, 0.717) is 12.6 Å². The van der Waals surface area contributed by atoms with E-state index in [9.17, 15) is 4.79 Å². The highest BCUT2D eigenvalue weighted by Crippen LogP contribution is 2.35. The van der Waals surface area contributed by atoms with E-state index < -0.39 is 0 Å². The second-order valence-corrected chi connectivity index (χ2v) is 7.46. The lowest BCUT2D eigenvalue weighted by Gasteiger charge is -2.29. The van der Waals surface area contributed by atoms with Gasteiger partial charge in [-0.3, -0.25) is 9.69 Å². The molecule has 0 saturated carbocycles. The fourth-order valence-corrected chi connectivity index (χ4v) is 4.34. The maximum Gasteiger partial charge on any atom is 0.237 e. The Kier molecular flexibility index (Phi) is 6.10. The van der Waals surface area contributed by atoms with Crippen molar-refractivity contribution in [1.29, 1.82) is 0 Å². The molecule has 3 rings (SSSR count). The van der Waals surface area contributed by atoms with Gasteiger partial charge in [-0.2, -0.15) is 0 Å². The molecule has 5 heteroatoms. The first-order valence-corrected chi connectivity index (χ1v) is 9.77. The molecule has 4 nitrogen and oxygen atoms in total. The van der Waals surface area contributed by atoms with Gasteiger partial charge in [-0.05, 0) is 61.9 Å². The van der Waals surface area contributed by atoms with Crippen molar-refractivity contribution < 1.29 is 9.53 Å². The number of thiophene rings is 1. The van der Waals surface area contributed by atoms with Crippen LogP contribution in [0.1, 0.15) is 36.2 Å². The van der Waals surface area contributed by atoms with Gasteiger partial charge in [0.25, 0.3) is 0 Å². The van der Waals surface area contributed by atoms with E-state index in [-0.39, 0.29) is 11.9 Å². The SMILES string of the molecule is COc1ccc(CCNC(=O)C(C)N2CCCC2c2cccs2)cc1. The number of benzene rings is 1. The molecule has 2 aromatic rings. The average Bonchev–Trinajstić information content (AvgIpc) is 3.32. The highest BCUT2D eigenvalue weighted by Gasteiger charge is 2.33. The minimum atomic E-state index is -0.0922. The normalized spacial score (nSPS) is 18.9. The first kappa shape index (κ1) is 18.0. The number of hydrogen-bond donors (Lipinski definition) is 1. The van der Waals surface area contributed by atoms with Gasteiger partial charge in [0.15, 0.2) is 0 Å².